The molecule has 0 rings (SSSR count). The highest BCUT2D eigenvalue weighted by atomic mass is 19.4. The van der Waals surface area contributed by atoms with Crippen molar-refractivity contribution >= 4 is 6.09 Å². The SMILES string of the molecule is CN(C(=O)OC(C)(C)C)C(CC#N)C(F)(F)F. The lowest BCUT2D eigenvalue weighted by molar-refractivity contribution is -0.176. The number of amides is 1. The standard InChI is InChI=1S/C10H15F3N2O2/c1-9(2,3)17-8(16)15(4)7(5-6-14)10(11,12)13/h7H,5H2,1-4H3. The molecular formula is C10H15F3N2O2. The van der Waals surface area contributed by atoms with E-state index in [1.165, 1.54) is 6.07 Å². The summed E-state index contributed by atoms with van der Waals surface area (Å²) in [6.45, 7) is 4.64. The summed E-state index contributed by atoms with van der Waals surface area (Å²) in [5.41, 5.74) is -0.881. The zero-order valence-electron chi connectivity index (χ0n) is 10.1. The molecule has 0 radical (unpaired) electrons. The zero-order valence-corrected chi connectivity index (χ0v) is 10.1. The predicted octanol–water partition coefficient (Wildman–Crippen LogP) is 2.70. The smallest absolute Gasteiger partial charge is 0.410 e. The van der Waals surface area contributed by atoms with Gasteiger partial charge >= 0.3 is 12.3 Å². The molecule has 0 fully saturated rings. The summed E-state index contributed by atoms with van der Waals surface area (Å²) >= 11 is 0. The summed E-state index contributed by atoms with van der Waals surface area (Å²) in [7, 11) is 0.962. The Morgan fingerprint density at radius 2 is 1.88 bits per heavy atom. The molecule has 0 aliphatic carbocycles. The summed E-state index contributed by atoms with van der Waals surface area (Å²) in [5.74, 6) is 0. The van der Waals surface area contributed by atoms with Crippen LogP contribution < -0.4 is 0 Å². The van der Waals surface area contributed by atoms with E-state index in [0.29, 0.717) is 4.90 Å². The first-order chi connectivity index (χ1) is 7.49. The minimum absolute atomic E-state index is 0.397. The van der Waals surface area contributed by atoms with Crippen LogP contribution >= 0.6 is 0 Å². The fourth-order valence-electron chi connectivity index (χ4n) is 1.02. The molecule has 0 aromatic heterocycles. The first kappa shape index (κ1) is 15.6. The molecule has 0 aromatic carbocycles. The van der Waals surface area contributed by atoms with Crippen molar-refractivity contribution in [1.82, 2.24) is 4.90 Å². The van der Waals surface area contributed by atoms with Gasteiger partial charge in [0.05, 0.1) is 12.5 Å². The van der Waals surface area contributed by atoms with Crippen molar-refractivity contribution in [2.45, 2.75) is 45.0 Å². The van der Waals surface area contributed by atoms with E-state index in [0.717, 1.165) is 7.05 Å². The van der Waals surface area contributed by atoms with E-state index in [4.69, 9.17) is 10.00 Å². The van der Waals surface area contributed by atoms with Gasteiger partial charge in [0.15, 0.2) is 0 Å². The highest BCUT2D eigenvalue weighted by Gasteiger charge is 2.44. The van der Waals surface area contributed by atoms with Crippen LogP contribution in [0.25, 0.3) is 0 Å². The summed E-state index contributed by atoms with van der Waals surface area (Å²) < 4.78 is 42.5. The Hall–Kier alpha value is -1.45. The third kappa shape index (κ3) is 5.43. The molecule has 0 aromatic rings. The average molecular weight is 252 g/mol. The third-order valence-corrected chi connectivity index (χ3v) is 1.81. The second-order valence-corrected chi connectivity index (χ2v) is 4.51. The van der Waals surface area contributed by atoms with Gasteiger partial charge in [-0.05, 0) is 20.8 Å². The van der Waals surface area contributed by atoms with Gasteiger partial charge in [-0.15, -0.1) is 0 Å². The van der Waals surface area contributed by atoms with Crippen molar-refractivity contribution in [3.05, 3.63) is 0 Å². The van der Waals surface area contributed by atoms with E-state index in [1.54, 1.807) is 20.8 Å². The van der Waals surface area contributed by atoms with Crippen molar-refractivity contribution in [3.8, 4) is 6.07 Å². The van der Waals surface area contributed by atoms with E-state index in [2.05, 4.69) is 0 Å². The monoisotopic (exact) mass is 252 g/mol. The summed E-state index contributed by atoms with van der Waals surface area (Å²) in [4.78, 5) is 11.8. The Bertz CT molecular complexity index is 315. The maximum absolute atomic E-state index is 12.6. The van der Waals surface area contributed by atoms with E-state index >= 15 is 0 Å². The topological polar surface area (TPSA) is 53.3 Å². The van der Waals surface area contributed by atoms with E-state index < -0.39 is 30.3 Å². The quantitative estimate of drug-likeness (QED) is 0.759. The average Bonchev–Trinajstić information content (AvgIpc) is 2.08. The molecule has 17 heavy (non-hydrogen) atoms. The fourth-order valence-corrected chi connectivity index (χ4v) is 1.02. The molecule has 0 heterocycles. The van der Waals surface area contributed by atoms with Crippen molar-refractivity contribution in [1.29, 1.82) is 5.26 Å². The second-order valence-electron chi connectivity index (χ2n) is 4.51. The Morgan fingerprint density at radius 1 is 1.41 bits per heavy atom. The molecule has 0 N–H and O–H groups in total. The van der Waals surface area contributed by atoms with Crippen molar-refractivity contribution in [2.75, 3.05) is 7.05 Å². The van der Waals surface area contributed by atoms with Gasteiger partial charge in [0, 0.05) is 7.05 Å². The maximum atomic E-state index is 12.6. The number of ether oxygens (including phenoxy) is 1. The van der Waals surface area contributed by atoms with Crippen LogP contribution in [-0.4, -0.2) is 35.9 Å². The van der Waals surface area contributed by atoms with Crippen LogP contribution in [0.1, 0.15) is 27.2 Å². The molecule has 1 unspecified atom stereocenters. The molecule has 7 heteroatoms. The Morgan fingerprint density at radius 3 is 2.18 bits per heavy atom. The van der Waals surface area contributed by atoms with Gasteiger partial charge in [-0.3, -0.25) is 4.90 Å². The molecule has 1 amide bonds. The maximum Gasteiger partial charge on any atom is 0.410 e. The Labute approximate surface area is 97.9 Å². The van der Waals surface area contributed by atoms with Crippen molar-refractivity contribution in [3.63, 3.8) is 0 Å². The minimum atomic E-state index is -4.65. The van der Waals surface area contributed by atoms with E-state index in [9.17, 15) is 18.0 Å². The molecule has 0 aliphatic heterocycles. The van der Waals surface area contributed by atoms with Gasteiger partial charge in [-0.2, -0.15) is 18.4 Å². The number of rotatable bonds is 2. The lowest BCUT2D eigenvalue weighted by Gasteiger charge is -2.30. The second kappa shape index (κ2) is 5.25. The van der Waals surface area contributed by atoms with Crippen LogP contribution in [-0.2, 0) is 4.74 Å². The number of hydrogen-bond acceptors (Lipinski definition) is 3. The molecule has 0 saturated carbocycles. The van der Waals surface area contributed by atoms with Crippen LogP contribution in [0.3, 0.4) is 0 Å². The molecule has 0 saturated heterocycles. The van der Waals surface area contributed by atoms with Crippen LogP contribution in [0.15, 0.2) is 0 Å². The number of halogens is 3. The highest BCUT2D eigenvalue weighted by Crippen LogP contribution is 2.27. The molecule has 0 bridgehead atoms. The number of alkyl halides is 3. The van der Waals surface area contributed by atoms with Gasteiger partial charge in [0.25, 0.3) is 0 Å². The fraction of sp³-hybridized carbons (Fsp3) is 0.800. The van der Waals surface area contributed by atoms with Gasteiger partial charge in [0.1, 0.15) is 11.6 Å². The molecule has 98 valence electrons. The summed E-state index contributed by atoms with van der Waals surface area (Å²) in [6.07, 6.45) is -6.57. The highest BCUT2D eigenvalue weighted by molar-refractivity contribution is 5.68. The van der Waals surface area contributed by atoms with E-state index in [-0.39, 0.29) is 0 Å². The zero-order chi connectivity index (χ0) is 13.9. The Kier molecular flexibility index (Phi) is 4.81. The van der Waals surface area contributed by atoms with Crippen LogP contribution in [0.2, 0.25) is 0 Å². The first-order valence-corrected chi connectivity index (χ1v) is 4.88. The first-order valence-electron chi connectivity index (χ1n) is 4.88. The Balaban J connectivity index is 4.81. The van der Waals surface area contributed by atoms with Gasteiger partial charge in [0.2, 0.25) is 0 Å². The van der Waals surface area contributed by atoms with Crippen molar-refractivity contribution in [2.24, 2.45) is 0 Å². The molecule has 4 nitrogen and oxygen atoms in total. The molecule has 0 spiro atoms. The minimum Gasteiger partial charge on any atom is -0.444 e. The number of carbonyl (C=O) groups excluding carboxylic acids is 1. The number of hydrogen-bond donors (Lipinski definition) is 0. The van der Waals surface area contributed by atoms with Crippen molar-refractivity contribution < 1.29 is 22.7 Å². The number of nitriles is 1. The van der Waals surface area contributed by atoms with Crippen LogP contribution in [0.5, 0.6) is 0 Å². The van der Waals surface area contributed by atoms with Gasteiger partial charge in [-0.1, -0.05) is 0 Å². The molecule has 1 atom stereocenters. The lowest BCUT2D eigenvalue weighted by atomic mass is 10.2. The molecule has 0 aliphatic rings. The van der Waals surface area contributed by atoms with Crippen LogP contribution in [0, 0.1) is 11.3 Å². The largest absolute Gasteiger partial charge is 0.444 e. The van der Waals surface area contributed by atoms with E-state index in [1.807, 2.05) is 0 Å². The summed E-state index contributed by atoms with van der Waals surface area (Å²) in [6, 6.07) is -0.747. The third-order valence-electron chi connectivity index (χ3n) is 1.81. The number of nitrogens with zero attached hydrogens (tertiary/aromatic N) is 2. The van der Waals surface area contributed by atoms with Gasteiger partial charge < -0.3 is 4.74 Å². The van der Waals surface area contributed by atoms with Crippen LogP contribution in [0.4, 0.5) is 18.0 Å². The molecular weight excluding hydrogens is 237 g/mol. The normalized spacial score (nSPS) is 13.8. The summed E-state index contributed by atoms with van der Waals surface area (Å²) in [5, 5.41) is 8.33. The predicted molar refractivity (Wildman–Crippen MR) is 54.1 cm³/mol. The number of carbonyl (C=O) groups is 1. The lowest BCUT2D eigenvalue weighted by Crippen LogP contribution is -2.48. The van der Waals surface area contributed by atoms with Gasteiger partial charge in [-0.25, -0.2) is 4.79 Å².